The summed E-state index contributed by atoms with van der Waals surface area (Å²) in [5.41, 5.74) is 3.48. The Bertz CT molecular complexity index is 1000. The van der Waals surface area contributed by atoms with Crippen LogP contribution in [0, 0.1) is 13.8 Å². The van der Waals surface area contributed by atoms with E-state index in [1.807, 2.05) is 32.0 Å². The molecule has 0 fully saturated rings. The van der Waals surface area contributed by atoms with Gasteiger partial charge in [0.1, 0.15) is 0 Å². The second-order valence-corrected chi connectivity index (χ2v) is 9.07. The fraction of sp³-hybridized carbons (Fsp3) is 0.158. The van der Waals surface area contributed by atoms with E-state index in [0.717, 1.165) is 16.8 Å². The van der Waals surface area contributed by atoms with Crippen LogP contribution in [0.2, 0.25) is 0 Å². The number of nitrogens with zero attached hydrogens (tertiary/aromatic N) is 2. The van der Waals surface area contributed by atoms with Gasteiger partial charge in [0.15, 0.2) is 4.34 Å². The minimum atomic E-state index is -0.271. The van der Waals surface area contributed by atoms with Crippen molar-refractivity contribution in [3.63, 3.8) is 0 Å². The largest absolute Gasteiger partial charge is 0.325 e. The molecule has 0 saturated carbocycles. The second kappa shape index (κ2) is 9.31. The lowest BCUT2D eigenvalue weighted by Crippen LogP contribution is -2.14. The number of amides is 2. The quantitative estimate of drug-likeness (QED) is 0.390. The van der Waals surface area contributed by atoms with Gasteiger partial charge in [-0.2, -0.15) is 0 Å². The lowest BCUT2D eigenvalue weighted by molar-refractivity contribution is -0.113. The van der Waals surface area contributed by atoms with Crippen LogP contribution in [0.5, 0.6) is 0 Å². The van der Waals surface area contributed by atoms with Crippen LogP contribution in [0.25, 0.3) is 0 Å². The number of hydrogen-bond acceptors (Lipinski definition) is 6. The lowest BCUT2D eigenvalue weighted by Gasteiger charge is -2.06. The smallest absolute Gasteiger partial charge is 0.258 e. The Morgan fingerprint density at radius 3 is 2.50 bits per heavy atom. The molecule has 0 atom stereocenters. The number of carbonyl (C=O) groups excluding carboxylic acids is 2. The minimum Gasteiger partial charge on any atom is -0.325 e. The number of carbonyl (C=O) groups is 2. The Hall–Kier alpha value is -2.23. The number of aryl methyl sites for hydroxylation is 2. The molecule has 3 aromatic rings. The maximum absolute atomic E-state index is 12.3. The third kappa shape index (κ3) is 5.63. The SMILES string of the molecule is Cc1cc(C)cc(NC(=O)CSc2nnc(NC(=O)c3ccccc3Br)s2)c1. The number of nitrogens with one attached hydrogen (secondary N) is 2. The summed E-state index contributed by atoms with van der Waals surface area (Å²) in [4.78, 5) is 24.5. The molecule has 0 aliphatic heterocycles. The standard InChI is InChI=1S/C19H17BrN4O2S2/c1-11-7-12(2)9-13(8-11)21-16(25)10-27-19-24-23-18(28-19)22-17(26)14-5-3-4-6-15(14)20/h3-9H,10H2,1-2H3,(H,21,25)(H,22,23,26). The molecule has 1 heterocycles. The van der Waals surface area contributed by atoms with Crippen molar-refractivity contribution in [2.45, 2.75) is 18.2 Å². The molecule has 2 amide bonds. The normalized spacial score (nSPS) is 10.5. The van der Waals surface area contributed by atoms with E-state index in [2.05, 4.69) is 42.8 Å². The average Bonchev–Trinajstić information content (AvgIpc) is 3.07. The van der Waals surface area contributed by atoms with Gasteiger partial charge in [-0.15, -0.1) is 10.2 Å². The highest BCUT2D eigenvalue weighted by atomic mass is 79.9. The highest BCUT2D eigenvalue weighted by Crippen LogP contribution is 2.26. The van der Waals surface area contributed by atoms with Crippen LogP contribution < -0.4 is 10.6 Å². The Labute approximate surface area is 179 Å². The number of thioether (sulfide) groups is 1. The molecule has 9 heteroatoms. The molecule has 0 aliphatic rings. The predicted molar refractivity (Wildman–Crippen MR) is 117 cm³/mol. The van der Waals surface area contributed by atoms with Crippen molar-refractivity contribution >= 4 is 61.7 Å². The number of halogens is 1. The van der Waals surface area contributed by atoms with E-state index in [0.29, 0.717) is 19.5 Å². The highest BCUT2D eigenvalue weighted by Gasteiger charge is 2.13. The van der Waals surface area contributed by atoms with Gasteiger partial charge in [-0.25, -0.2) is 0 Å². The molecule has 144 valence electrons. The van der Waals surface area contributed by atoms with Gasteiger partial charge >= 0.3 is 0 Å². The first-order chi connectivity index (χ1) is 13.4. The molecular weight excluding hydrogens is 460 g/mol. The van der Waals surface area contributed by atoms with Gasteiger partial charge in [0.05, 0.1) is 11.3 Å². The van der Waals surface area contributed by atoms with Crippen molar-refractivity contribution in [1.29, 1.82) is 0 Å². The third-order valence-electron chi connectivity index (χ3n) is 3.58. The summed E-state index contributed by atoms with van der Waals surface area (Å²) in [7, 11) is 0. The van der Waals surface area contributed by atoms with Crippen LogP contribution in [-0.2, 0) is 4.79 Å². The molecule has 6 nitrogen and oxygen atoms in total. The molecule has 0 spiro atoms. The topological polar surface area (TPSA) is 84.0 Å². The molecular formula is C19H17BrN4O2S2. The van der Waals surface area contributed by atoms with Gasteiger partial charge in [-0.05, 0) is 65.2 Å². The van der Waals surface area contributed by atoms with Crippen molar-refractivity contribution in [3.8, 4) is 0 Å². The number of hydrogen-bond donors (Lipinski definition) is 2. The van der Waals surface area contributed by atoms with E-state index in [1.54, 1.807) is 18.2 Å². The second-order valence-electron chi connectivity index (χ2n) is 6.02. The van der Waals surface area contributed by atoms with E-state index < -0.39 is 0 Å². The molecule has 0 bridgehead atoms. The zero-order valence-corrected chi connectivity index (χ0v) is 18.4. The Balaban J connectivity index is 1.54. The van der Waals surface area contributed by atoms with Gasteiger partial charge in [0.25, 0.3) is 5.91 Å². The van der Waals surface area contributed by atoms with Crippen LogP contribution >= 0.6 is 39.0 Å². The number of aromatic nitrogens is 2. The zero-order chi connectivity index (χ0) is 20.1. The van der Waals surface area contributed by atoms with Crippen molar-refractivity contribution in [1.82, 2.24) is 10.2 Å². The maximum Gasteiger partial charge on any atom is 0.258 e. The number of benzene rings is 2. The van der Waals surface area contributed by atoms with Crippen LogP contribution in [0.4, 0.5) is 10.8 Å². The molecule has 0 radical (unpaired) electrons. The first-order valence-electron chi connectivity index (χ1n) is 8.31. The summed E-state index contributed by atoms with van der Waals surface area (Å²) in [5.74, 6) is -0.184. The van der Waals surface area contributed by atoms with Gasteiger partial charge in [-0.1, -0.05) is 41.3 Å². The molecule has 2 N–H and O–H groups in total. The Morgan fingerprint density at radius 2 is 1.79 bits per heavy atom. The molecule has 1 aromatic heterocycles. The number of anilines is 2. The third-order valence-corrected chi connectivity index (χ3v) is 6.24. The molecule has 3 rings (SSSR count). The minimum absolute atomic E-state index is 0.121. The highest BCUT2D eigenvalue weighted by molar-refractivity contribution is 9.10. The summed E-state index contributed by atoms with van der Waals surface area (Å²) in [6.07, 6.45) is 0. The van der Waals surface area contributed by atoms with Gasteiger partial charge in [0.2, 0.25) is 11.0 Å². The van der Waals surface area contributed by atoms with Gasteiger partial charge in [-0.3, -0.25) is 14.9 Å². The van der Waals surface area contributed by atoms with Gasteiger partial charge in [0, 0.05) is 10.2 Å². The summed E-state index contributed by atoms with van der Waals surface area (Å²) in [6.45, 7) is 3.98. The van der Waals surface area contributed by atoms with Crippen molar-refractivity contribution in [3.05, 3.63) is 63.6 Å². The van der Waals surface area contributed by atoms with E-state index in [4.69, 9.17) is 0 Å². The molecule has 2 aromatic carbocycles. The summed E-state index contributed by atoms with van der Waals surface area (Å²) in [6, 6.07) is 13.0. The summed E-state index contributed by atoms with van der Waals surface area (Å²) in [5, 5.41) is 14.0. The summed E-state index contributed by atoms with van der Waals surface area (Å²) < 4.78 is 1.31. The van der Waals surface area contributed by atoms with Crippen LogP contribution in [0.15, 0.2) is 51.3 Å². The van der Waals surface area contributed by atoms with E-state index in [-0.39, 0.29) is 17.6 Å². The van der Waals surface area contributed by atoms with Crippen molar-refractivity contribution < 1.29 is 9.59 Å². The van der Waals surface area contributed by atoms with E-state index >= 15 is 0 Å². The molecule has 0 aliphatic carbocycles. The van der Waals surface area contributed by atoms with E-state index in [1.165, 1.54) is 23.1 Å². The van der Waals surface area contributed by atoms with Crippen LogP contribution in [-0.4, -0.2) is 27.8 Å². The summed E-state index contributed by atoms with van der Waals surface area (Å²) >= 11 is 5.85. The lowest BCUT2D eigenvalue weighted by atomic mass is 10.1. The zero-order valence-electron chi connectivity index (χ0n) is 15.2. The fourth-order valence-corrected chi connectivity index (χ4v) is 4.51. The Kier molecular flexibility index (Phi) is 6.82. The van der Waals surface area contributed by atoms with Crippen molar-refractivity contribution in [2.24, 2.45) is 0 Å². The van der Waals surface area contributed by atoms with Crippen LogP contribution in [0.1, 0.15) is 21.5 Å². The van der Waals surface area contributed by atoms with Gasteiger partial charge < -0.3 is 5.32 Å². The maximum atomic E-state index is 12.3. The first-order valence-corrected chi connectivity index (χ1v) is 10.9. The average molecular weight is 477 g/mol. The Morgan fingerprint density at radius 1 is 1.07 bits per heavy atom. The molecule has 0 unspecified atom stereocenters. The molecule has 0 saturated heterocycles. The predicted octanol–water partition coefficient (Wildman–Crippen LogP) is 4.90. The van der Waals surface area contributed by atoms with Crippen LogP contribution in [0.3, 0.4) is 0 Å². The molecule has 28 heavy (non-hydrogen) atoms. The first kappa shape index (κ1) is 20.5. The number of rotatable bonds is 6. The van der Waals surface area contributed by atoms with E-state index in [9.17, 15) is 9.59 Å². The fourth-order valence-electron chi connectivity index (χ4n) is 2.50. The monoisotopic (exact) mass is 476 g/mol. The van der Waals surface area contributed by atoms with Crippen molar-refractivity contribution in [2.75, 3.05) is 16.4 Å².